The molecule has 4 rings (SSSR count). The summed E-state index contributed by atoms with van der Waals surface area (Å²) >= 11 is 3.40. The van der Waals surface area contributed by atoms with E-state index in [9.17, 15) is 0 Å². The van der Waals surface area contributed by atoms with Gasteiger partial charge in [-0.3, -0.25) is 4.57 Å². The molecule has 1 aromatic carbocycles. The van der Waals surface area contributed by atoms with Crippen molar-refractivity contribution in [2.75, 3.05) is 0 Å². The fraction of sp³-hybridized carbons (Fsp3) is 0.286. The standard InChI is InChI=1S/C21H22N4OS2/c1-15(2)20-22-17(13-27-20)14-28-21-24-23-19(11-16-7-4-3-5-8-16)25(21)12-18-9-6-10-26-18/h3-10,13,15H,11-12,14H2,1-2H3. The topological polar surface area (TPSA) is 56.7 Å². The number of hydrogen-bond donors (Lipinski definition) is 0. The third kappa shape index (κ3) is 4.54. The summed E-state index contributed by atoms with van der Waals surface area (Å²) in [5.41, 5.74) is 2.31. The molecule has 0 atom stereocenters. The van der Waals surface area contributed by atoms with Crippen molar-refractivity contribution < 1.29 is 4.42 Å². The van der Waals surface area contributed by atoms with Crippen LogP contribution in [-0.4, -0.2) is 19.7 Å². The Balaban J connectivity index is 1.55. The van der Waals surface area contributed by atoms with Gasteiger partial charge in [-0.2, -0.15) is 0 Å². The van der Waals surface area contributed by atoms with Gasteiger partial charge in [0.25, 0.3) is 0 Å². The number of benzene rings is 1. The van der Waals surface area contributed by atoms with Crippen LogP contribution < -0.4 is 0 Å². The number of thiazole rings is 1. The van der Waals surface area contributed by atoms with E-state index >= 15 is 0 Å². The molecule has 0 spiro atoms. The fourth-order valence-corrected chi connectivity index (χ4v) is 4.63. The Morgan fingerprint density at radius 2 is 1.96 bits per heavy atom. The van der Waals surface area contributed by atoms with Crippen LogP contribution in [0.5, 0.6) is 0 Å². The Morgan fingerprint density at radius 3 is 2.68 bits per heavy atom. The zero-order chi connectivity index (χ0) is 19.3. The van der Waals surface area contributed by atoms with E-state index in [2.05, 4.69) is 46.1 Å². The van der Waals surface area contributed by atoms with Gasteiger partial charge in [-0.15, -0.1) is 21.5 Å². The van der Waals surface area contributed by atoms with E-state index in [-0.39, 0.29) is 0 Å². The van der Waals surface area contributed by atoms with Crippen molar-refractivity contribution in [3.63, 3.8) is 0 Å². The molecule has 4 aromatic rings. The van der Waals surface area contributed by atoms with Crippen molar-refractivity contribution >= 4 is 23.1 Å². The van der Waals surface area contributed by atoms with Gasteiger partial charge in [0.2, 0.25) is 0 Å². The van der Waals surface area contributed by atoms with Gasteiger partial charge < -0.3 is 4.42 Å². The summed E-state index contributed by atoms with van der Waals surface area (Å²) in [6.07, 6.45) is 2.44. The quantitative estimate of drug-likeness (QED) is 0.365. The minimum atomic E-state index is 0.462. The molecule has 0 unspecified atom stereocenters. The second kappa shape index (κ2) is 8.75. The van der Waals surface area contributed by atoms with Gasteiger partial charge in [-0.25, -0.2) is 4.98 Å². The molecular weight excluding hydrogens is 388 g/mol. The second-order valence-corrected chi connectivity index (χ2v) is 8.68. The van der Waals surface area contributed by atoms with Crippen LogP contribution in [-0.2, 0) is 18.7 Å². The maximum Gasteiger partial charge on any atom is 0.192 e. The van der Waals surface area contributed by atoms with E-state index in [0.717, 1.165) is 34.6 Å². The number of nitrogens with zero attached hydrogens (tertiary/aromatic N) is 4. The van der Waals surface area contributed by atoms with E-state index in [1.165, 1.54) is 10.6 Å². The molecule has 0 aliphatic heterocycles. The van der Waals surface area contributed by atoms with Gasteiger partial charge in [-0.05, 0) is 17.7 Å². The van der Waals surface area contributed by atoms with Crippen LogP contribution in [0.15, 0.2) is 63.7 Å². The first-order valence-corrected chi connectivity index (χ1v) is 11.1. The lowest BCUT2D eigenvalue weighted by Gasteiger charge is -2.08. The summed E-state index contributed by atoms with van der Waals surface area (Å²) < 4.78 is 7.71. The largest absolute Gasteiger partial charge is 0.467 e. The smallest absolute Gasteiger partial charge is 0.192 e. The molecule has 0 aliphatic carbocycles. The van der Waals surface area contributed by atoms with E-state index < -0.39 is 0 Å². The number of aromatic nitrogens is 4. The molecule has 5 nitrogen and oxygen atoms in total. The fourth-order valence-electron chi connectivity index (χ4n) is 2.84. The minimum absolute atomic E-state index is 0.462. The summed E-state index contributed by atoms with van der Waals surface area (Å²) in [6.45, 7) is 4.97. The zero-order valence-corrected chi connectivity index (χ0v) is 17.5. The Kier molecular flexibility index (Phi) is 5.92. The third-order valence-electron chi connectivity index (χ3n) is 4.31. The highest BCUT2D eigenvalue weighted by atomic mass is 32.2. The summed E-state index contributed by atoms with van der Waals surface area (Å²) in [4.78, 5) is 4.73. The molecule has 0 radical (unpaired) electrons. The Hall–Kier alpha value is -2.38. The van der Waals surface area contributed by atoms with Gasteiger partial charge in [0.05, 0.1) is 23.5 Å². The molecule has 0 saturated carbocycles. The van der Waals surface area contributed by atoms with Gasteiger partial charge in [0, 0.05) is 23.5 Å². The maximum absolute atomic E-state index is 5.56. The molecule has 0 fully saturated rings. The van der Waals surface area contributed by atoms with Crippen molar-refractivity contribution in [2.45, 2.75) is 43.6 Å². The molecule has 0 saturated heterocycles. The van der Waals surface area contributed by atoms with Crippen molar-refractivity contribution in [1.29, 1.82) is 0 Å². The molecule has 144 valence electrons. The highest BCUT2D eigenvalue weighted by Crippen LogP contribution is 2.26. The number of furan rings is 1. The van der Waals surface area contributed by atoms with E-state index in [1.807, 2.05) is 30.3 Å². The van der Waals surface area contributed by atoms with Crippen LogP contribution in [0.4, 0.5) is 0 Å². The first kappa shape index (κ1) is 19.0. The summed E-state index contributed by atoms with van der Waals surface area (Å²) in [7, 11) is 0. The van der Waals surface area contributed by atoms with Crippen molar-refractivity contribution in [3.05, 3.63) is 82.0 Å². The SMILES string of the molecule is CC(C)c1nc(CSc2nnc(Cc3ccccc3)n2Cc2ccco2)cs1. The van der Waals surface area contributed by atoms with Gasteiger partial charge in [-0.1, -0.05) is 55.9 Å². The molecule has 3 aromatic heterocycles. The lowest BCUT2D eigenvalue weighted by molar-refractivity contribution is 0.479. The first-order chi connectivity index (χ1) is 13.7. The highest BCUT2D eigenvalue weighted by molar-refractivity contribution is 7.98. The van der Waals surface area contributed by atoms with Crippen LogP contribution in [0, 0.1) is 0 Å². The summed E-state index contributed by atoms with van der Waals surface area (Å²) in [5.74, 6) is 3.08. The molecule has 0 bridgehead atoms. The van der Waals surface area contributed by atoms with Crippen molar-refractivity contribution in [1.82, 2.24) is 19.7 Å². The van der Waals surface area contributed by atoms with Crippen LogP contribution >= 0.6 is 23.1 Å². The normalized spacial score (nSPS) is 11.4. The summed E-state index contributed by atoms with van der Waals surface area (Å²) in [6, 6.07) is 14.2. The Morgan fingerprint density at radius 1 is 1.11 bits per heavy atom. The van der Waals surface area contributed by atoms with Gasteiger partial charge in [0.15, 0.2) is 5.16 Å². The van der Waals surface area contributed by atoms with E-state index in [4.69, 9.17) is 9.40 Å². The molecule has 0 N–H and O–H groups in total. The van der Waals surface area contributed by atoms with Crippen LogP contribution in [0.1, 0.15) is 47.6 Å². The van der Waals surface area contributed by atoms with Crippen LogP contribution in [0.3, 0.4) is 0 Å². The second-order valence-electron chi connectivity index (χ2n) is 6.85. The average Bonchev–Trinajstić information content (AvgIpc) is 3.44. The van der Waals surface area contributed by atoms with Gasteiger partial charge in [0.1, 0.15) is 11.6 Å². The van der Waals surface area contributed by atoms with Crippen LogP contribution in [0.25, 0.3) is 0 Å². The third-order valence-corrected chi connectivity index (χ3v) is 6.50. The van der Waals surface area contributed by atoms with E-state index in [1.54, 1.807) is 29.4 Å². The van der Waals surface area contributed by atoms with Gasteiger partial charge >= 0.3 is 0 Å². The highest BCUT2D eigenvalue weighted by Gasteiger charge is 2.16. The molecule has 0 amide bonds. The summed E-state index contributed by atoms with van der Waals surface area (Å²) in [5, 5.41) is 13.1. The average molecular weight is 411 g/mol. The van der Waals surface area contributed by atoms with Crippen molar-refractivity contribution in [2.24, 2.45) is 0 Å². The Bertz CT molecular complexity index is 1010. The first-order valence-electron chi connectivity index (χ1n) is 9.24. The molecular formula is C21H22N4OS2. The molecule has 0 aliphatic rings. The number of thioether (sulfide) groups is 1. The molecule has 7 heteroatoms. The lowest BCUT2D eigenvalue weighted by Crippen LogP contribution is -2.07. The monoisotopic (exact) mass is 410 g/mol. The molecule has 3 heterocycles. The lowest BCUT2D eigenvalue weighted by atomic mass is 10.1. The van der Waals surface area contributed by atoms with E-state index in [0.29, 0.717) is 12.5 Å². The predicted octanol–water partition coefficient (Wildman–Crippen LogP) is 5.38. The number of hydrogen-bond acceptors (Lipinski definition) is 6. The van der Waals surface area contributed by atoms with Crippen LogP contribution in [0.2, 0.25) is 0 Å². The zero-order valence-electron chi connectivity index (χ0n) is 15.9. The van der Waals surface area contributed by atoms with Crippen molar-refractivity contribution in [3.8, 4) is 0 Å². The molecule has 28 heavy (non-hydrogen) atoms. The number of rotatable bonds is 8. The predicted molar refractivity (Wildman–Crippen MR) is 113 cm³/mol. The Labute approximate surface area is 172 Å². The minimum Gasteiger partial charge on any atom is -0.467 e. The maximum atomic E-state index is 5.56.